The van der Waals surface area contributed by atoms with E-state index in [1.807, 2.05) is 0 Å². The maximum absolute atomic E-state index is 10.9. The van der Waals surface area contributed by atoms with E-state index in [9.17, 15) is 30.3 Å². The number of ether oxygens (including phenoxy) is 3. The van der Waals surface area contributed by atoms with Crippen molar-refractivity contribution in [1.29, 1.82) is 0 Å². The number of aryl methyl sites for hydroxylation is 2. The lowest BCUT2D eigenvalue weighted by molar-refractivity contribution is -0.385. The van der Waals surface area contributed by atoms with Crippen LogP contribution >= 0.6 is 0 Å². The summed E-state index contributed by atoms with van der Waals surface area (Å²) in [5, 5.41) is 58.1. The van der Waals surface area contributed by atoms with E-state index in [4.69, 9.17) is 14.2 Å². The zero-order valence-electron chi connectivity index (χ0n) is 27.0. The summed E-state index contributed by atoms with van der Waals surface area (Å²) < 4.78 is 16.7. The predicted molar refractivity (Wildman–Crippen MR) is 174 cm³/mol. The second kappa shape index (κ2) is 16.0. The molecule has 50 heavy (non-hydrogen) atoms. The van der Waals surface area contributed by atoms with Crippen LogP contribution in [-0.4, -0.2) is 81.5 Å². The van der Waals surface area contributed by atoms with E-state index in [1.165, 1.54) is 61.4 Å². The molecule has 0 radical (unpaired) electrons. The summed E-state index contributed by atoms with van der Waals surface area (Å²) in [6.07, 6.45) is 4.67. The molecule has 0 saturated carbocycles. The predicted octanol–water partition coefficient (Wildman–Crippen LogP) is 4.19. The van der Waals surface area contributed by atoms with Crippen molar-refractivity contribution in [2.75, 3.05) is 21.3 Å². The Hall–Kier alpha value is -7.32. The molecule has 21 heteroatoms. The summed E-state index contributed by atoms with van der Waals surface area (Å²) in [4.78, 5) is 32.4. The van der Waals surface area contributed by atoms with Gasteiger partial charge in [-0.1, -0.05) is 23.4 Å². The normalized spacial score (nSPS) is 10.2. The molecule has 0 fully saturated rings. The van der Waals surface area contributed by atoms with Crippen LogP contribution in [0.1, 0.15) is 0 Å². The standard InChI is InChI=1S/2C10H10N4O3.C9H8N4O3/c1-13-6-8(11-12-13)7-4-3-5-9(14(15)16)10(7)17-2;1-13-11-6-8(12-13)7-4-3-5-9(14(15)16)10(7)17-2;1-16-9-6(7-5-10-12-11-7)3-2-4-8(9)13(14)15/h2*3-6H,1-2H3;2-5H,1H3,(H,10,11,12). The van der Waals surface area contributed by atoms with Gasteiger partial charge in [0.05, 0.1) is 71.4 Å². The van der Waals surface area contributed by atoms with Gasteiger partial charge in [0.1, 0.15) is 17.1 Å². The minimum absolute atomic E-state index is 0.0874. The molecular weight excluding hydrogens is 660 g/mol. The van der Waals surface area contributed by atoms with Gasteiger partial charge in [0, 0.05) is 32.3 Å². The first-order valence-corrected chi connectivity index (χ1v) is 14.0. The van der Waals surface area contributed by atoms with Crippen molar-refractivity contribution in [3.8, 4) is 51.0 Å². The third kappa shape index (κ3) is 7.96. The van der Waals surface area contributed by atoms with E-state index >= 15 is 0 Å². The largest absolute Gasteiger partial charge is 0.490 e. The van der Waals surface area contributed by atoms with Crippen molar-refractivity contribution < 1.29 is 29.0 Å². The van der Waals surface area contributed by atoms with E-state index in [2.05, 4.69) is 35.9 Å². The Labute approximate surface area is 281 Å². The van der Waals surface area contributed by atoms with Crippen molar-refractivity contribution >= 4 is 17.1 Å². The number of para-hydroxylation sites is 3. The SMILES string of the molecule is COc1c(-c2cn(C)nn2)cccc1[N+](=O)[O-].COc1c(-c2cn[nH]n2)cccc1[N+](=O)[O-].COc1c(-c2cnn(C)n2)cccc1[N+](=O)[O-]. The van der Waals surface area contributed by atoms with Crippen LogP contribution in [0.4, 0.5) is 17.1 Å². The van der Waals surface area contributed by atoms with Crippen molar-refractivity contribution in [2.24, 2.45) is 14.1 Å². The fourth-order valence-corrected chi connectivity index (χ4v) is 4.53. The number of benzene rings is 3. The Balaban J connectivity index is 0.000000169. The molecule has 0 aliphatic heterocycles. The summed E-state index contributed by atoms with van der Waals surface area (Å²) in [5.41, 5.74) is 2.94. The molecule has 6 aromatic rings. The Morgan fingerprint density at radius 1 is 0.660 bits per heavy atom. The minimum atomic E-state index is -0.498. The highest BCUT2D eigenvalue weighted by atomic mass is 16.6. The number of nitrogens with one attached hydrogen (secondary N) is 1. The fourth-order valence-electron chi connectivity index (χ4n) is 4.53. The number of hydrogen-bond acceptors (Lipinski definition) is 15. The van der Waals surface area contributed by atoms with Crippen molar-refractivity contribution in [3.63, 3.8) is 0 Å². The Bertz CT molecular complexity index is 2010. The lowest BCUT2D eigenvalue weighted by atomic mass is 10.1. The van der Waals surface area contributed by atoms with Crippen molar-refractivity contribution in [1.82, 2.24) is 45.4 Å². The molecule has 0 atom stereocenters. The molecule has 3 aromatic carbocycles. The average Bonchev–Trinajstić information content (AvgIpc) is 3.90. The van der Waals surface area contributed by atoms with Crippen LogP contribution in [0, 0.1) is 30.3 Å². The van der Waals surface area contributed by atoms with Crippen molar-refractivity contribution in [2.45, 2.75) is 0 Å². The third-order valence-corrected chi connectivity index (χ3v) is 6.63. The average molecular weight is 689 g/mol. The van der Waals surface area contributed by atoms with E-state index < -0.39 is 14.8 Å². The van der Waals surface area contributed by atoms with Crippen LogP contribution in [0.3, 0.4) is 0 Å². The number of nitro groups is 3. The number of H-pyrrole nitrogens is 1. The highest BCUT2D eigenvalue weighted by Gasteiger charge is 2.22. The molecule has 258 valence electrons. The Kier molecular flexibility index (Phi) is 11.4. The van der Waals surface area contributed by atoms with Gasteiger partial charge in [0.15, 0.2) is 0 Å². The molecule has 0 aliphatic carbocycles. The minimum Gasteiger partial charge on any atom is -0.490 e. The van der Waals surface area contributed by atoms with E-state index in [0.717, 1.165) is 0 Å². The first-order chi connectivity index (χ1) is 24.0. The molecule has 0 amide bonds. The number of methoxy groups -OCH3 is 3. The van der Waals surface area contributed by atoms with Crippen molar-refractivity contribution in [3.05, 3.63) is 104 Å². The third-order valence-electron chi connectivity index (χ3n) is 6.63. The highest BCUT2D eigenvalue weighted by molar-refractivity contribution is 5.74. The number of aromatic amines is 1. The van der Waals surface area contributed by atoms with Gasteiger partial charge in [-0.3, -0.25) is 35.0 Å². The molecule has 0 saturated heterocycles. The summed E-state index contributed by atoms with van der Waals surface area (Å²) in [6.45, 7) is 0. The number of aromatic nitrogens is 9. The first kappa shape index (κ1) is 35.5. The first-order valence-electron chi connectivity index (χ1n) is 14.0. The Morgan fingerprint density at radius 3 is 1.46 bits per heavy atom. The smallest absolute Gasteiger partial charge is 0.311 e. The van der Waals surface area contributed by atoms with Crippen LogP contribution in [-0.2, 0) is 14.1 Å². The summed E-state index contributed by atoms with van der Waals surface area (Å²) in [5.74, 6) is 0.567. The number of nitro benzene ring substituents is 3. The van der Waals surface area contributed by atoms with Gasteiger partial charge in [-0.05, 0) is 18.2 Å². The number of hydrogen-bond donors (Lipinski definition) is 1. The van der Waals surface area contributed by atoms with Gasteiger partial charge < -0.3 is 14.2 Å². The number of nitrogens with zero attached hydrogens (tertiary/aromatic N) is 11. The molecule has 3 heterocycles. The molecular formula is C29H28N12O9. The maximum atomic E-state index is 10.9. The molecule has 6 rings (SSSR count). The Morgan fingerprint density at radius 2 is 1.12 bits per heavy atom. The van der Waals surface area contributed by atoms with E-state index in [0.29, 0.717) is 33.8 Å². The van der Waals surface area contributed by atoms with Gasteiger partial charge in [0.2, 0.25) is 17.2 Å². The topological polar surface area (TPSA) is 260 Å². The maximum Gasteiger partial charge on any atom is 0.311 e. The summed E-state index contributed by atoms with van der Waals surface area (Å²) in [6, 6.07) is 14.0. The van der Waals surface area contributed by atoms with Gasteiger partial charge in [0.25, 0.3) is 0 Å². The van der Waals surface area contributed by atoms with Crippen LogP contribution in [0.25, 0.3) is 33.8 Å². The van der Waals surface area contributed by atoms with Crippen LogP contribution in [0.15, 0.2) is 73.2 Å². The molecule has 0 unspecified atom stereocenters. The van der Waals surface area contributed by atoms with E-state index in [1.54, 1.807) is 56.7 Å². The zero-order chi connectivity index (χ0) is 36.4. The molecule has 21 nitrogen and oxygen atoms in total. The lowest BCUT2D eigenvalue weighted by Crippen LogP contribution is -1.96. The van der Waals surface area contributed by atoms with Crippen LogP contribution in [0.5, 0.6) is 17.2 Å². The second-order valence-corrected chi connectivity index (χ2v) is 9.70. The van der Waals surface area contributed by atoms with Gasteiger partial charge >= 0.3 is 17.1 Å². The van der Waals surface area contributed by atoms with Crippen LogP contribution < -0.4 is 14.2 Å². The monoisotopic (exact) mass is 688 g/mol. The van der Waals surface area contributed by atoms with E-state index in [-0.39, 0.29) is 34.3 Å². The number of rotatable bonds is 9. The molecule has 0 bridgehead atoms. The van der Waals surface area contributed by atoms with Gasteiger partial charge in [-0.25, -0.2) is 0 Å². The van der Waals surface area contributed by atoms with Gasteiger partial charge in [-0.2, -0.15) is 30.4 Å². The molecule has 0 spiro atoms. The molecule has 3 aromatic heterocycles. The quantitative estimate of drug-likeness (QED) is 0.165. The summed E-state index contributed by atoms with van der Waals surface area (Å²) in [7, 11) is 7.56. The molecule has 0 aliphatic rings. The highest BCUT2D eigenvalue weighted by Crippen LogP contribution is 2.38. The lowest BCUT2D eigenvalue weighted by Gasteiger charge is -2.05. The fraction of sp³-hybridized carbons (Fsp3) is 0.172. The van der Waals surface area contributed by atoms with Crippen LogP contribution in [0.2, 0.25) is 0 Å². The summed E-state index contributed by atoms with van der Waals surface area (Å²) >= 11 is 0. The van der Waals surface area contributed by atoms with Gasteiger partial charge in [-0.15, -0.1) is 5.10 Å². The zero-order valence-corrected chi connectivity index (χ0v) is 27.0. The second-order valence-electron chi connectivity index (χ2n) is 9.70. The molecule has 1 N–H and O–H groups in total.